The summed E-state index contributed by atoms with van der Waals surface area (Å²) >= 11 is 0. The normalized spacial score (nSPS) is 11.6. The van der Waals surface area contributed by atoms with Gasteiger partial charge in [-0.25, -0.2) is 0 Å². The van der Waals surface area contributed by atoms with Gasteiger partial charge in [0.2, 0.25) is 0 Å². The Kier molecular flexibility index (Phi) is 15.6. The Morgan fingerprint density at radius 3 is 2.21 bits per heavy atom. The highest BCUT2D eigenvalue weighted by Gasteiger charge is 1.88. The summed E-state index contributed by atoms with van der Waals surface area (Å²) in [5, 5.41) is 0. The van der Waals surface area contributed by atoms with Crippen LogP contribution in [-0.4, -0.2) is 0 Å². The number of hydrogen-bond acceptors (Lipinski definition) is 0. The van der Waals surface area contributed by atoms with Crippen LogP contribution >= 0.6 is 0 Å². The molecule has 0 fully saturated rings. The third kappa shape index (κ3) is 10.8. The van der Waals surface area contributed by atoms with E-state index >= 15 is 0 Å². The molecule has 0 radical (unpaired) electrons. The van der Waals surface area contributed by atoms with Crippen LogP contribution in [0.3, 0.4) is 0 Å². The maximum absolute atomic E-state index is 4.00. The van der Waals surface area contributed by atoms with Gasteiger partial charge >= 0.3 is 0 Å². The molecular formula is C14H22. The van der Waals surface area contributed by atoms with E-state index in [0.29, 0.717) is 0 Å². The predicted octanol–water partition coefficient (Wildman–Crippen LogP) is 4.50. The van der Waals surface area contributed by atoms with Crippen molar-refractivity contribution in [3.05, 3.63) is 36.0 Å². The number of terminal acetylenes is 1. The third-order valence-corrected chi connectivity index (χ3v) is 1.80. The van der Waals surface area contributed by atoms with Crippen molar-refractivity contribution in [3.8, 4) is 12.8 Å². The van der Waals surface area contributed by atoms with Crippen molar-refractivity contribution >= 4 is 0 Å². The van der Waals surface area contributed by atoms with Crippen LogP contribution in [0.4, 0.5) is 0 Å². The van der Waals surface area contributed by atoms with Gasteiger partial charge in [0, 0.05) is 0 Å². The quantitative estimate of drug-likeness (QED) is 0.442. The molecule has 0 aromatic rings. The molecule has 0 unspecified atom stereocenters. The van der Waals surface area contributed by atoms with Crippen LogP contribution in [0.2, 0.25) is 0 Å². The second-order valence-electron chi connectivity index (χ2n) is 2.85. The molecular weight excluding hydrogens is 168 g/mol. The van der Waals surface area contributed by atoms with Gasteiger partial charge in [-0.2, -0.15) is 0 Å². The number of hydrogen-bond donors (Lipinski definition) is 0. The molecule has 0 aliphatic rings. The van der Waals surface area contributed by atoms with Crippen molar-refractivity contribution in [2.45, 2.75) is 40.0 Å². The van der Waals surface area contributed by atoms with E-state index < -0.39 is 0 Å². The standard InChI is InChI=1S/C12H20.C2H2/c1-4-7-9-11-12(6-3)10-8-5-2;1-2/h4,6-7,9,11H,5,8,10H2,1-3H3;1-2H/b7-4-,11-9-,12-6-;. The van der Waals surface area contributed by atoms with Crippen molar-refractivity contribution < 1.29 is 0 Å². The third-order valence-electron chi connectivity index (χ3n) is 1.80. The lowest BCUT2D eigenvalue weighted by atomic mass is 10.1. The number of rotatable bonds is 5. The molecule has 0 saturated heterocycles. The monoisotopic (exact) mass is 190 g/mol. The summed E-state index contributed by atoms with van der Waals surface area (Å²) in [4.78, 5) is 0. The molecule has 0 aliphatic heterocycles. The molecule has 0 aromatic carbocycles. The summed E-state index contributed by atoms with van der Waals surface area (Å²) < 4.78 is 0. The van der Waals surface area contributed by atoms with Gasteiger partial charge in [-0.05, 0) is 26.7 Å². The van der Waals surface area contributed by atoms with E-state index in [9.17, 15) is 0 Å². The first-order chi connectivity index (χ1) is 6.85. The Morgan fingerprint density at radius 2 is 1.79 bits per heavy atom. The van der Waals surface area contributed by atoms with Gasteiger partial charge in [0.25, 0.3) is 0 Å². The molecule has 0 bridgehead atoms. The zero-order valence-corrected chi connectivity index (χ0v) is 9.66. The molecule has 0 rings (SSSR count). The second-order valence-corrected chi connectivity index (χ2v) is 2.85. The second kappa shape index (κ2) is 14.3. The van der Waals surface area contributed by atoms with Gasteiger partial charge in [-0.15, -0.1) is 12.8 Å². The van der Waals surface area contributed by atoms with Crippen molar-refractivity contribution in [2.24, 2.45) is 0 Å². The van der Waals surface area contributed by atoms with Gasteiger partial charge in [0.15, 0.2) is 0 Å². The van der Waals surface area contributed by atoms with Gasteiger partial charge in [0.1, 0.15) is 0 Å². The van der Waals surface area contributed by atoms with Crippen molar-refractivity contribution in [1.29, 1.82) is 0 Å². The van der Waals surface area contributed by atoms with Crippen LogP contribution < -0.4 is 0 Å². The van der Waals surface area contributed by atoms with E-state index in [1.807, 2.05) is 13.0 Å². The summed E-state index contributed by atoms with van der Waals surface area (Å²) in [5.41, 5.74) is 1.44. The fourth-order valence-corrected chi connectivity index (χ4v) is 0.995. The number of allylic oxidation sites excluding steroid dienone is 6. The maximum atomic E-state index is 4.00. The summed E-state index contributed by atoms with van der Waals surface area (Å²) in [5.74, 6) is 0. The highest BCUT2D eigenvalue weighted by atomic mass is 13.9. The smallest absolute Gasteiger partial charge is 0.0282 e. The summed E-state index contributed by atoms with van der Waals surface area (Å²) in [6, 6.07) is 0. The first-order valence-electron chi connectivity index (χ1n) is 5.13. The molecule has 0 aromatic heterocycles. The Hall–Kier alpha value is -1.22. The van der Waals surface area contributed by atoms with E-state index in [-0.39, 0.29) is 0 Å². The van der Waals surface area contributed by atoms with Crippen LogP contribution in [0.15, 0.2) is 36.0 Å². The van der Waals surface area contributed by atoms with Crippen LogP contribution in [0.1, 0.15) is 40.0 Å². The summed E-state index contributed by atoms with van der Waals surface area (Å²) in [6.07, 6.45) is 22.4. The highest BCUT2D eigenvalue weighted by Crippen LogP contribution is 2.08. The molecule has 0 amide bonds. The first kappa shape index (κ1) is 15.3. The van der Waals surface area contributed by atoms with Gasteiger partial charge < -0.3 is 0 Å². The first-order valence-corrected chi connectivity index (χ1v) is 5.13. The van der Waals surface area contributed by atoms with Crippen LogP contribution in [0.5, 0.6) is 0 Å². The summed E-state index contributed by atoms with van der Waals surface area (Å²) in [6.45, 7) is 6.36. The minimum Gasteiger partial charge on any atom is -0.124 e. The fourth-order valence-electron chi connectivity index (χ4n) is 0.995. The SMILES string of the molecule is C#C.C\C=C/C=C\C(=C/C)CCCC. The van der Waals surface area contributed by atoms with Gasteiger partial charge in [0.05, 0.1) is 0 Å². The minimum absolute atomic E-state index is 1.21. The van der Waals surface area contributed by atoms with Crippen molar-refractivity contribution in [1.82, 2.24) is 0 Å². The van der Waals surface area contributed by atoms with Crippen LogP contribution in [-0.2, 0) is 0 Å². The molecule has 0 saturated carbocycles. The van der Waals surface area contributed by atoms with Crippen molar-refractivity contribution in [3.63, 3.8) is 0 Å². The molecule has 0 spiro atoms. The summed E-state index contributed by atoms with van der Waals surface area (Å²) in [7, 11) is 0. The molecule has 0 nitrogen and oxygen atoms in total. The zero-order chi connectivity index (χ0) is 11.2. The lowest BCUT2D eigenvalue weighted by Crippen LogP contribution is -1.77. The van der Waals surface area contributed by atoms with E-state index in [1.165, 1.54) is 24.8 Å². The molecule has 78 valence electrons. The Labute approximate surface area is 89.4 Å². The van der Waals surface area contributed by atoms with E-state index in [2.05, 4.69) is 51.0 Å². The molecule has 0 atom stereocenters. The topological polar surface area (TPSA) is 0 Å². The largest absolute Gasteiger partial charge is 0.124 e. The molecule has 14 heavy (non-hydrogen) atoms. The molecule has 0 N–H and O–H groups in total. The lowest BCUT2D eigenvalue weighted by Gasteiger charge is -1.97. The van der Waals surface area contributed by atoms with Gasteiger partial charge in [-0.1, -0.05) is 49.3 Å². The average molecular weight is 190 g/mol. The number of unbranched alkanes of at least 4 members (excludes halogenated alkanes) is 1. The lowest BCUT2D eigenvalue weighted by molar-refractivity contribution is 0.797. The van der Waals surface area contributed by atoms with E-state index in [1.54, 1.807) is 0 Å². The molecule has 0 aliphatic carbocycles. The Bertz CT molecular complexity index is 201. The van der Waals surface area contributed by atoms with Gasteiger partial charge in [-0.3, -0.25) is 0 Å². The zero-order valence-electron chi connectivity index (χ0n) is 9.66. The van der Waals surface area contributed by atoms with Crippen LogP contribution in [0.25, 0.3) is 0 Å². The van der Waals surface area contributed by atoms with E-state index in [0.717, 1.165) is 0 Å². The van der Waals surface area contributed by atoms with Crippen LogP contribution in [0, 0.1) is 12.8 Å². The predicted molar refractivity (Wildman–Crippen MR) is 67.1 cm³/mol. The Morgan fingerprint density at radius 1 is 1.14 bits per heavy atom. The van der Waals surface area contributed by atoms with E-state index in [4.69, 9.17) is 0 Å². The maximum Gasteiger partial charge on any atom is -0.0282 e. The molecule has 0 heteroatoms. The molecule has 0 heterocycles. The fraction of sp³-hybridized carbons (Fsp3) is 0.429. The minimum atomic E-state index is 1.21. The highest BCUT2D eigenvalue weighted by molar-refractivity contribution is 5.21. The average Bonchev–Trinajstić information content (AvgIpc) is 2.26. The van der Waals surface area contributed by atoms with Crippen molar-refractivity contribution in [2.75, 3.05) is 0 Å². The Balaban J connectivity index is 0.